The molecule has 16 heavy (non-hydrogen) atoms. The number of halogens is 3. The monoisotopic (exact) mass is 254 g/mol. The largest absolute Gasteiger partial charge is 0.328 e. The molecule has 2 aliphatic rings. The van der Waals surface area contributed by atoms with E-state index >= 15 is 0 Å². The van der Waals surface area contributed by atoms with Crippen molar-refractivity contribution in [3.63, 3.8) is 0 Å². The number of piperidine rings is 1. The Kier molecular flexibility index (Phi) is 4.95. The molecule has 0 radical (unpaired) electrons. The second-order valence-corrected chi connectivity index (χ2v) is 4.96. The minimum atomic E-state index is -2.40. The van der Waals surface area contributed by atoms with E-state index in [1.165, 1.54) is 0 Å². The fourth-order valence-electron chi connectivity index (χ4n) is 2.67. The van der Waals surface area contributed by atoms with Crippen molar-refractivity contribution in [3.05, 3.63) is 0 Å². The molecule has 96 valence electrons. The Morgan fingerprint density at radius 2 is 1.50 bits per heavy atom. The molecule has 0 aromatic carbocycles. The van der Waals surface area contributed by atoms with Crippen LogP contribution in [0.2, 0.25) is 0 Å². The van der Waals surface area contributed by atoms with Gasteiger partial charge in [0.1, 0.15) is 0 Å². The number of alkyl halides is 2. The van der Waals surface area contributed by atoms with Crippen molar-refractivity contribution >= 4 is 12.4 Å². The van der Waals surface area contributed by atoms with Gasteiger partial charge in [0.2, 0.25) is 5.92 Å². The zero-order chi connectivity index (χ0) is 10.9. The molecule has 1 saturated carbocycles. The van der Waals surface area contributed by atoms with Gasteiger partial charge in [0.25, 0.3) is 0 Å². The Bertz CT molecular complexity index is 208. The van der Waals surface area contributed by atoms with Crippen molar-refractivity contribution in [3.8, 4) is 0 Å². The van der Waals surface area contributed by atoms with Crippen LogP contribution >= 0.6 is 12.4 Å². The van der Waals surface area contributed by atoms with Crippen LogP contribution < -0.4 is 5.73 Å². The lowest BCUT2D eigenvalue weighted by atomic mass is 9.90. The first kappa shape index (κ1) is 14.1. The minimum absolute atomic E-state index is 0. The summed E-state index contributed by atoms with van der Waals surface area (Å²) < 4.78 is 25.9. The molecule has 0 unspecified atom stereocenters. The van der Waals surface area contributed by atoms with Gasteiger partial charge < -0.3 is 10.6 Å². The quantitative estimate of drug-likeness (QED) is 0.779. The summed E-state index contributed by atoms with van der Waals surface area (Å²) in [5.74, 6) is -2.40. The molecular weight excluding hydrogens is 234 g/mol. The average Bonchev–Trinajstić information content (AvgIpc) is 2.20. The molecule has 2 rings (SSSR count). The maximum atomic E-state index is 13.0. The first-order chi connectivity index (χ1) is 7.07. The lowest BCUT2D eigenvalue weighted by Crippen LogP contribution is -2.47. The van der Waals surface area contributed by atoms with E-state index < -0.39 is 5.92 Å². The molecule has 2 N–H and O–H groups in total. The number of hydrogen-bond acceptors (Lipinski definition) is 2. The SMILES string of the molecule is Cl.NC1CCN(C2CCC(F)(F)CC2)CC1. The van der Waals surface area contributed by atoms with Crippen LogP contribution in [0.5, 0.6) is 0 Å². The Morgan fingerprint density at radius 3 is 2.00 bits per heavy atom. The number of rotatable bonds is 1. The summed E-state index contributed by atoms with van der Waals surface area (Å²) in [6.45, 7) is 1.99. The molecule has 5 heteroatoms. The van der Waals surface area contributed by atoms with Gasteiger partial charge in [-0.05, 0) is 38.8 Å². The Hall–Kier alpha value is 0.0700. The van der Waals surface area contributed by atoms with Crippen molar-refractivity contribution in [2.75, 3.05) is 13.1 Å². The van der Waals surface area contributed by atoms with E-state index in [-0.39, 0.29) is 25.2 Å². The zero-order valence-corrected chi connectivity index (χ0v) is 10.3. The van der Waals surface area contributed by atoms with Crippen LogP contribution in [0, 0.1) is 0 Å². The first-order valence-corrected chi connectivity index (χ1v) is 5.94. The predicted molar refractivity (Wildman–Crippen MR) is 63.2 cm³/mol. The average molecular weight is 255 g/mol. The van der Waals surface area contributed by atoms with Gasteiger partial charge in [-0.3, -0.25) is 0 Å². The summed E-state index contributed by atoms with van der Waals surface area (Å²) in [6.07, 6.45) is 3.49. The summed E-state index contributed by atoms with van der Waals surface area (Å²) in [7, 11) is 0. The lowest BCUT2D eigenvalue weighted by molar-refractivity contribution is -0.0558. The third-order valence-electron chi connectivity index (χ3n) is 3.78. The van der Waals surface area contributed by atoms with Gasteiger partial charge in [-0.15, -0.1) is 12.4 Å². The van der Waals surface area contributed by atoms with E-state index in [0.29, 0.717) is 24.9 Å². The third kappa shape index (κ3) is 3.54. The van der Waals surface area contributed by atoms with Crippen LogP contribution in [0.3, 0.4) is 0 Å². The lowest BCUT2D eigenvalue weighted by Gasteiger charge is -2.40. The molecule has 1 heterocycles. The van der Waals surface area contributed by atoms with Crippen LogP contribution in [-0.4, -0.2) is 36.0 Å². The van der Waals surface area contributed by atoms with Gasteiger partial charge in [-0.25, -0.2) is 8.78 Å². The van der Waals surface area contributed by atoms with E-state index in [1.54, 1.807) is 0 Å². The van der Waals surface area contributed by atoms with E-state index in [4.69, 9.17) is 5.73 Å². The Labute approximate surface area is 102 Å². The van der Waals surface area contributed by atoms with Crippen LogP contribution in [-0.2, 0) is 0 Å². The van der Waals surface area contributed by atoms with Crippen LogP contribution in [0.1, 0.15) is 38.5 Å². The highest BCUT2D eigenvalue weighted by Gasteiger charge is 2.37. The van der Waals surface area contributed by atoms with Gasteiger partial charge in [0, 0.05) is 24.9 Å². The second-order valence-electron chi connectivity index (χ2n) is 4.96. The van der Waals surface area contributed by atoms with E-state index in [1.807, 2.05) is 0 Å². The molecule has 0 bridgehead atoms. The molecular formula is C11H21ClF2N2. The Morgan fingerprint density at radius 1 is 1.00 bits per heavy atom. The van der Waals surface area contributed by atoms with Crippen molar-refractivity contribution in [1.82, 2.24) is 4.90 Å². The van der Waals surface area contributed by atoms with Crippen molar-refractivity contribution < 1.29 is 8.78 Å². The highest BCUT2D eigenvalue weighted by atomic mass is 35.5. The van der Waals surface area contributed by atoms with Gasteiger partial charge in [-0.1, -0.05) is 0 Å². The summed E-state index contributed by atoms with van der Waals surface area (Å²) in [5.41, 5.74) is 5.82. The van der Waals surface area contributed by atoms with Crippen molar-refractivity contribution in [2.24, 2.45) is 5.73 Å². The molecule has 1 aliphatic carbocycles. The van der Waals surface area contributed by atoms with Gasteiger partial charge in [0.05, 0.1) is 0 Å². The molecule has 1 saturated heterocycles. The van der Waals surface area contributed by atoms with E-state index in [2.05, 4.69) is 4.90 Å². The molecule has 0 amide bonds. The highest BCUT2D eigenvalue weighted by Crippen LogP contribution is 2.35. The fraction of sp³-hybridized carbons (Fsp3) is 1.00. The fourth-order valence-corrected chi connectivity index (χ4v) is 2.67. The standard InChI is InChI=1S/C11H20F2N2.ClH/c12-11(13)5-1-10(2-6-11)15-7-3-9(14)4-8-15;/h9-10H,1-8,14H2;1H. The second kappa shape index (κ2) is 5.61. The molecule has 2 nitrogen and oxygen atoms in total. The van der Waals surface area contributed by atoms with Crippen LogP contribution in [0.15, 0.2) is 0 Å². The molecule has 0 aromatic heterocycles. The summed E-state index contributed by atoms with van der Waals surface area (Å²) in [4.78, 5) is 2.36. The predicted octanol–water partition coefficient (Wildman–Crippen LogP) is 2.41. The normalized spacial score (nSPS) is 28.7. The number of hydrogen-bond donors (Lipinski definition) is 1. The van der Waals surface area contributed by atoms with E-state index in [9.17, 15) is 8.78 Å². The summed E-state index contributed by atoms with van der Waals surface area (Å²) in [5, 5.41) is 0. The molecule has 1 aliphatic heterocycles. The topological polar surface area (TPSA) is 29.3 Å². The number of nitrogens with two attached hydrogens (primary N) is 1. The van der Waals surface area contributed by atoms with E-state index in [0.717, 1.165) is 25.9 Å². The molecule has 2 fully saturated rings. The van der Waals surface area contributed by atoms with Crippen molar-refractivity contribution in [2.45, 2.75) is 56.5 Å². The van der Waals surface area contributed by atoms with Gasteiger partial charge in [-0.2, -0.15) is 0 Å². The van der Waals surface area contributed by atoms with Crippen molar-refractivity contribution in [1.29, 1.82) is 0 Å². The molecule has 0 spiro atoms. The number of nitrogens with zero attached hydrogens (tertiary/aromatic N) is 1. The third-order valence-corrected chi connectivity index (χ3v) is 3.78. The molecule has 0 aromatic rings. The minimum Gasteiger partial charge on any atom is -0.328 e. The zero-order valence-electron chi connectivity index (χ0n) is 9.50. The maximum Gasteiger partial charge on any atom is 0.248 e. The van der Waals surface area contributed by atoms with Crippen LogP contribution in [0.4, 0.5) is 8.78 Å². The first-order valence-electron chi connectivity index (χ1n) is 5.94. The van der Waals surface area contributed by atoms with Gasteiger partial charge >= 0.3 is 0 Å². The summed E-state index contributed by atoms with van der Waals surface area (Å²) in [6, 6.07) is 0.711. The smallest absolute Gasteiger partial charge is 0.248 e. The van der Waals surface area contributed by atoms with Gasteiger partial charge in [0.15, 0.2) is 0 Å². The Balaban J connectivity index is 0.00000128. The molecule has 0 atom stereocenters. The highest BCUT2D eigenvalue weighted by molar-refractivity contribution is 5.85. The summed E-state index contributed by atoms with van der Waals surface area (Å²) >= 11 is 0. The maximum absolute atomic E-state index is 13.0. The van der Waals surface area contributed by atoms with Crippen LogP contribution in [0.25, 0.3) is 0 Å². The number of likely N-dealkylation sites (tertiary alicyclic amines) is 1.